The van der Waals surface area contributed by atoms with Crippen molar-refractivity contribution < 1.29 is 18.0 Å². The number of hydrogen-bond acceptors (Lipinski definition) is 4. The van der Waals surface area contributed by atoms with Crippen molar-refractivity contribution in [1.29, 1.82) is 0 Å². The van der Waals surface area contributed by atoms with Crippen LogP contribution in [0, 0.1) is 0 Å². The van der Waals surface area contributed by atoms with Gasteiger partial charge in [0, 0.05) is 24.2 Å². The first-order valence-corrected chi connectivity index (χ1v) is 11.6. The molecule has 0 fully saturated rings. The fourth-order valence-corrected chi connectivity index (χ4v) is 5.15. The van der Waals surface area contributed by atoms with Gasteiger partial charge in [-0.25, -0.2) is 8.42 Å². The molecule has 158 valence electrons. The van der Waals surface area contributed by atoms with Gasteiger partial charge in [-0.2, -0.15) is 0 Å². The highest BCUT2D eigenvalue weighted by Crippen LogP contribution is 2.29. The summed E-state index contributed by atoms with van der Waals surface area (Å²) in [4.78, 5) is 25.5. The summed E-state index contributed by atoms with van der Waals surface area (Å²) in [6.45, 7) is 0.359. The van der Waals surface area contributed by atoms with Crippen LogP contribution in [0.2, 0.25) is 0 Å². The van der Waals surface area contributed by atoms with Gasteiger partial charge < -0.3 is 5.32 Å². The van der Waals surface area contributed by atoms with Gasteiger partial charge in [-0.1, -0.05) is 66.7 Å². The van der Waals surface area contributed by atoms with Crippen molar-refractivity contribution in [3.05, 3.63) is 101 Å². The topological polar surface area (TPSA) is 83.6 Å². The van der Waals surface area contributed by atoms with Gasteiger partial charge in [-0.05, 0) is 24.1 Å². The molecule has 0 bridgehead atoms. The SMILES string of the molecule is O=C(NCCS(=O)(=O)N1CCc2ccccc21)c1ccccc1C(=O)c1ccccc1. The van der Waals surface area contributed by atoms with Crippen molar-refractivity contribution in [3.63, 3.8) is 0 Å². The highest BCUT2D eigenvalue weighted by molar-refractivity contribution is 7.92. The molecule has 1 amide bonds. The number of carbonyl (C=O) groups is 2. The van der Waals surface area contributed by atoms with Gasteiger partial charge in [0.2, 0.25) is 10.0 Å². The number of rotatable bonds is 7. The minimum Gasteiger partial charge on any atom is -0.351 e. The van der Waals surface area contributed by atoms with E-state index in [9.17, 15) is 18.0 Å². The fourth-order valence-electron chi connectivity index (χ4n) is 3.72. The van der Waals surface area contributed by atoms with Gasteiger partial charge in [0.15, 0.2) is 5.78 Å². The van der Waals surface area contributed by atoms with Crippen LogP contribution < -0.4 is 9.62 Å². The first-order valence-electron chi connectivity index (χ1n) is 10.0. The number of nitrogens with one attached hydrogen (secondary N) is 1. The first kappa shape index (κ1) is 20.8. The predicted octanol–water partition coefficient (Wildman–Crippen LogP) is 3.04. The monoisotopic (exact) mass is 434 g/mol. The number of hydrogen-bond donors (Lipinski definition) is 1. The summed E-state index contributed by atoms with van der Waals surface area (Å²) < 4.78 is 27.0. The molecule has 0 radical (unpaired) electrons. The molecule has 7 heteroatoms. The smallest absolute Gasteiger partial charge is 0.252 e. The second-order valence-electron chi connectivity index (χ2n) is 7.26. The number of fused-ring (bicyclic) bond motifs is 1. The highest BCUT2D eigenvalue weighted by atomic mass is 32.2. The molecule has 0 unspecified atom stereocenters. The molecule has 6 nitrogen and oxygen atoms in total. The summed E-state index contributed by atoms with van der Waals surface area (Å²) in [5, 5.41) is 2.65. The molecular formula is C24H22N2O4S. The first-order chi connectivity index (χ1) is 15.0. The molecule has 3 aromatic carbocycles. The summed E-state index contributed by atoms with van der Waals surface area (Å²) in [5.41, 5.74) is 2.69. The Hall–Kier alpha value is -3.45. The summed E-state index contributed by atoms with van der Waals surface area (Å²) in [5.74, 6) is -0.952. The molecule has 31 heavy (non-hydrogen) atoms. The Kier molecular flexibility index (Phi) is 5.86. The Morgan fingerprint density at radius 1 is 0.839 bits per heavy atom. The molecule has 4 rings (SSSR count). The van der Waals surface area contributed by atoms with Gasteiger partial charge in [-0.15, -0.1) is 0 Å². The second-order valence-corrected chi connectivity index (χ2v) is 9.28. The highest BCUT2D eigenvalue weighted by Gasteiger charge is 2.29. The maximum Gasteiger partial charge on any atom is 0.252 e. The van der Waals surface area contributed by atoms with Crippen LogP contribution in [0.3, 0.4) is 0 Å². The standard InChI is InChI=1S/C24H22N2O4S/c27-23(19-9-2-1-3-10-19)20-11-5-6-12-21(20)24(28)25-15-17-31(29,30)26-16-14-18-8-4-7-13-22(18)26/h1-13H,14-17H2,(H,25,28). The lowest BCUT2D eigenvalue weighted by molar-refractivity contribution is 0.0944. The Balaban J connectivity index is 1.44. The van der Waals surface area contributed by atoms with E-state index in [1.54, 1.807) is 54.6 Å². The molecule has 3 aromatic rings. The zero-order valence-electron chi connectivity index (χ0n) is 16.8. The van der Waals surface area contributed by atoms with Crippen molar-refractivity contribution in [2.45, 2.75) is 6.42 Å². The van der Waals surface area contributed by atoms with E-state index in [-0.39, 0.29) is 29.2 Å². The van der Waals surface area contributed by atoms with Crippen molar-refractivity contribution in [2.75, 3.05) is 23.1 Å². The minimum atomic E-state index is -3.57. The molecule has 1 aliphatic heterocycles. The number of ketones is 1. The van der Waals surface area contributed by atoms with E-state index >= 15 is 0 Å². The molecule has 0 saturated heterocycles. The normalized spacial score (nSPS) is 13.0. The van der Waals surface area contributed by atoms with Crippen molar-refractivity contribution in [3.8, 4) is 0 Å². The van der Waals surface area contributed by atoms with E-state index < -0.39 is 15.9 Å². The number of carbonyl (C=O) groups excluding carboxylic acids is 2. The van der Waals surface area contributed by atoms with Crippen LogP contribution in [-0.4, -0.2) is 39.0 Å². The average molecular weight is 435 g/mol. The van der Waals surface area contributed by atoms with Gasteiger partial charge in [0.1, 0.15) is 0 Å². The lowest BCUT2D eigenvalue weighted by Crippen LogP contribution is -2.37. The van der Waals surface area contributed by atoms with Crippen LogP contribution in [0.25, 0.3) is 0 Å². The second kappa shape index (κ2) is 8.73. The summed E-state index contributed by atoms with van der Waals surface area (Å²) in [6.07, 6.45) is 0.677. The summed E-state index contributed by atoms with van der Waals surface area (Å²) in [7, 11) is -3.57. The van der Waals surface area contributed by atoms with E-state index in [4.69, 9.17) is 0 Å². The number of anilines is 1. The predicted molar refractivity (Wildman–Crippen MR) is 120 cm³/mol. The molecule has 1 N–H and O–H groups in total. The van der Waals surface area contributed by atoms with E-state index in [2.05, 4.69) is 5.32 Å². The number of sulfonamides is 1. The maximum atomic E-state index is 12.8. The van der Waals surface area contributed by atoms with Crippen LogP contribution in [0.15, 0.2) is 78.9 Å². The lowest BCUT2D eigenvalue weighted by Gasteiger charge is -2.19. The number of benzene rings is 3. The van der Waals surface area contributed by atoms with Gasteiger partial charge in [-0.3, -0.25) is 13.9 Å². The van der Waals surface area contributed by atoms with Crippen molar-refractivity contribution >= 4 is 27.4 Å². The van der Waals surface area contributed by atoms with E-state index in [1.807, 2.05) is 24.3 Å². The molecule has 0 aliphatic carbocycles. The Morgan fingerprint density at radius 2 is 1.48 bits per heavy atom. The van der Waals surface area contributed by atoms with Gasteiger partial charge in [0.25, 0.3) is 5.91 Å². The zero-order valence-corrected chi connectivity index (χ0v) is 17.6. The van der Waals surface area contributed by atoms with Crippen LogP contribution in [0.4, 0.5) is 5.69 Å². The molecule has 0 aromatic heterocycles. The van der Waals surface area contributed by atoms with Crippen LogP contribution in [0.1, 0.15) is 31.8 Å². The average Bonchev–Trinajstić information content (AvgIpc) is 3.24. The van der Waals surface area contributed by atoms with Gasteiger partial charge >= 0.3 is 0 Å². The third kappa shape index (κ3) is 4.36. The van der Waals surface area contributed by atoms with Crippen LogP contribution >= 0.6 is 0 Å². The van der Waals surface area contributed by atoms with E-state index in [1.165, 1.54) is 4.31 Å². The number of amides is 1. The van der Waals surface area contributed by atoms with E-state index in [0.717, 1.165) is 5.56 Å². The van der Waals surface area contributed by atoms with E-state index in [0.29, 0.717) is 24.2 Å². The van der Waals surface area contributed by atoms with Crippen LogP contribution in [-0.2, 0) is 16.4 Å². The Morgan fingerprint density at radius 3 is 2.26 bits per heavy atom. The van der Waals surface area contributed by atoms with Crippen molar-refractivity contribution in [1.82, 2.24) is 5.32 Å². The summed E-state index contributed by atoms with van der Waals surface area (Å²) >= 11 is 0. The summed E-state index contributed by atoms with van der Waals surface area (Å²) in [6, 6.07) is 22.7. The van der Waals surface area contributed by atoms with Gasteiger partial charge in [0.05, 0.1) is 17.0 Å². The Bertz CT molecular complexity index is 1220. The molecular weight excluding hydrogens is 412 g/mol. The molecule has 1 heterocycles. The fraction of sp³-hybridized carbons (Fsp3) is 0.167. The Labute approximate surface area is 181 Å². The quantitative estimate of drug-likeness (QED) is 0.580. The maximum absolute atomic E-state index is 12.8. The third-order valence-electron chi connectivity index (χ3n) is 5.28. The molecule has 1 aliphatic rings. The minimum absolute atomic E-state index is 0.0479. The molecule has 0 atom stereocenters. The third-order valence-corrected chi connectivity index (χ3v) is 7.05. The molecule has 0 spiro atoms. The zero-order chi connectivity index (χ0) is 21.8. The number of para-hydroxylation sites is 1. The van der Waals surface area contributed by atoms with Crippen molar-refractivity contribution in [2.24, 2.45) is 0 Å². The largest absolute Gasteiger partial charge is 0.351 e. The molecule has 0 saturated carbocycles. The lowest BCUT2D eigenvalue weighted by atomic mass is 9.98. The van der Waals surface area contributed by atoms with Crippen LogP contribution in [0.5, 0.6) is 0 Å². The number of nitrogens with zero attached hydrogens (tertiary/aromatic N) is 1.